The van der Waals surface area contributed by atoms with Gasteiger partial charge in [0.1, 0.15) is 0 Å². The van der Waals surface area contributed by atoms with Crippen molar-refractivity contribution >= 4 is 17.2 Å². The second-order valence-corrected chi connectivity index (χ2v) is 6.43. The Hall–Kier alpha value is -2.97. The molecule has 5 heteroatoms. The third-order valence-corrected chi connectivity index (χ3v) is 4.54. The van der Waals surface area contributed by atoms with Crippen LogP contribution in [-0.4, -0.2) is 10.9 Å². The van der Waals surface area contributed by atoms with Crippen molar-refractivity contribution in [3.63, 3.8) is 0 Å². The molecular formula is C20H17N3OS. The summed E-state index contributed by atoms with van der Waals surface area (Å²) in [6.45, 7) is 0.492. The fourth-order valence-corrected chi connectivity index (χ4v) is 3.09. The van der Waals surface area contributed by atoms with Crippen LogP contribution in [0.2, 0.25) is 0 Å². The predicted molar refractivity (Wildman–Crippen MR) is 98.9 cm³/mol. The van der Waals surface area contributed by atoms with Gasteiger partial charge in [-0.3, -0.25) is 9.78 Å². The molecule has 1 amide bonds. The van der Waals surface area contributed by atoms with Gasteiger partial charge in [0.05, 0.1) is 17.3 Å². The maximum Gasteiger partial charge on any atom is 0.220 e. The molecule has 0 saturated carbocycles. The maximum absolute atomic E-state index is 12.0. The normalized spacial score (nSPS) is 10.2. The Morgan fingerprint density at radius 2 is 2.00 bits per heavy atom. The van der Waals surface area contributed by atoms with E-state index in [1.165, 1.54) is 0 Å². The first-order valence-electron chi connectivity index (χ1n) is 7.98. The van der Waals surface area contributed by atoms with Gasteiger partial charge in [-0.25, -0.2) is 0 Å². The highest BCUT2D eigenvalue weighted by Gasteiger charge is 2.05. The number of aromatic nitrogens is 1. The van der Waals surface area contributed by atoms with Gasteiger partial charge in [-0.05, 0) is 53.3 Å². The summed E-state index contributed by atoms with van der Waals surface area (Å²) in [7, 11) is 0. The maximum atomic E-state index is 12.0. The molecule has 0 saturated heterocycles. The number of nitriles is 1. The zero-order valence-electron chi connectivity index (χ0n) is 13.6. The molecule has 124 valence electrons. The highest BCUT2D eigenvalue weighted by molar-refractivity contribution is 7.08. The van der Waals surface area contributed by atoms with Gasteiger partial charge in [0.25, 0.3) is 0 Å². The smallest absolute Gasteiger partial charge is 0.220 e. The number of pyridine rings is 1. The monoisotopic (exact) mass is 347 g/mol. The Kier molecular flexibility index (Phi) is 5.55. The molecule has 0 fully saturated rings. The van der Waals surface area contributed by atoms with Gasteiger partial charge in [-0.15, -0.1) is 0 Å². The van der Waals surface area contributed by atoms with Gasteiger partial charge in [0.15, 0.2) is 0 Å². The van der Waals surface area contributed by atoms with Crippen molar-refractivity contribution in [1.82, 2.24) is 10.3 Å². The van der Waals surface area contributed by atoms with Gasteiger partial charge < -0.3 is 5.32 Å². The Bertz CT molecular complexity index is 880. The minimum Gasteiger partial charge on any atom is -0.352 e. The number of carbonyl (C=O) groups is 1. The third kappa shape index (κ3) is 4.75. The van der Waals surface area contributed by atoms with Crippen molar-refractivity contribution < 1.29 is 4.79 Å². The molecule has 0 unspecified atom stereocenters. The second kappa shape index (κ2) is 8.22. The molecule has 25 heavy (non-hydrogen) atoms. The fourth-order valence-electron chi connectivity index (χ4n) is 2.45. The summed E-state index contributed by atoms with van der Waals surface area (Å²) < 4.78 is 0. The highest BCUT2D eigenvalue weighted by Crippen LogP contribution is 2.20. The number of rotatable bonds is 6. The molecule has 2 heterocycles. The molecule has 0 radical (unpaired) electrons. The number of nitrogens with one attached hydrogen (secondary N) is 1. The van der Waals surface area contributed by atoms with Crippen LogP contribution in [0.1, 0.15) is 23.1 Å². The third-order valence-electron chi connectivity index (χ3n) is 3.85. The second-order valence-electron chi connectivity index (χ2n) is 5.65. The van der Waals surface area contributed by atoms with Crippen molar-refractivity contribution in [1.29, 1.82) is 5.26 Å². The molecule has 3 aromatic rings. The SMILES string of the molecule is N#Cc1ccc(CCC(=O)NCc2ccnc(-c3ccsc3)c2)cc1. The summed E-state index contributed by atoms with van der Waals surface area (Å²) in [6, 6.07) is 15.4. The number of aryl methyl sites for hydroxylation is 1. The largest absolute Gasteiger partial charge is 0.352 e. The number of thiophene rings is 1. The van der Waals surface area contributed by atoms with E-state index < -0.39 is 0 Å². The Morgan fingerprint density at radius 1 is 1.16 bits per heavy atom. The standard InChI is InChI=1S/C20H17N3OS/c21-12-16-3-1-15(2-4-16)5-6-20(24)23-13-17-7-9-22-19(11-17)18-8-10-25-14-18/h1-4,7-11,14H,5-6,13H2,(H,23,24). The fraction of sp³-hybridized carbons (Fsp3) is 0.150. The molecule has 0 spiro atoms. The summed E-state index contributed by atoms with van der Waals surface area (Å²) >= 11 is 1.64. The summed E-state index contributed by atoms with van der Waals surface area (Å²) in [5.74, 6) is 0.0123. The minimum atomic E-state index is 0.0123. The zero-order chi connectivity index (χ0) is 17.5. The topological polar surface area (TPSA) is 65.8 Å². The van der Waals surface area contributed by atoms with Gasteiger partial charge in [0.2, 0.25) is 5.91 Å². The molecule has 4 nitrogen and oxygen atoms in total. The first-order chi connectivity index (χ1) is 12.2. The van der Waals surface area contributed by atoms with Crippen LogP contribution in [0.25, 0.3) is 11.3 Å². The van der Waals surface area contributed by atoms with Gasteiger partial charge in [-0.1, -0.05) is 12.1 Å². The molecule has 1 aromatic carbocycles. The lowest BCUT2D eigenvalue weighted by atomic mass is 10.1. The van der Waals surface area contributed by atoms with E-state index in [0.717, 1.165) is 22.4 Å². The number of amides is 1. The Labute approximate surface area is 150 Å². The lowest BCUT2D eigenvalue weighted by Crippen LogP contribution is -2.23. The van der Waals surface area contributed by atoms with Crippen molar-refractivity contribution in [3.05, 3.63) is 76.1 Å². The van der Waals surface area contributed by atoms with Crippen LogP contribution < -0.4 is 5.32 Å². The number of hydrogen-bond donors (Lipinski definition) is 1. The van der Waals surface area contributed by atoms with Crippen LogP contribution >= 0.6 is 11.3 Å². The van der Waals surface area contributed by atoms with Crippen molar-refractivity contribution in [3.8, 4) is 17.3 Å². The lowest BCUT2D eigenvalue weighted by Gasteiger charge is -2.07. The first kappa shape index (κ1) is 16.9. The van der Waals surface area contributed by atoms with E-state index in [-0.39, 0.29) is 5.91 Å². The van der Waals surface area contributed by atoms with Crippen LogP contribution in [0.15, 0.2) is 59.4 Å². The van der Waals surface area contributed by atoms with Crippen molar-refractivity contribution in [2.24, 2.45) is 0 Å². The lowest BCUT2D eigenvalue weighted by molar-refractivity contribution is -0.121. The molecule has 0 bridgehead atoms. The van der Waals surface area contributed by atoms with E-state index in [1.54, 1.807) is 29.7 Å². The molecule has 3 rings (SSSR count). The van der Waals surface area contributed by atoms with Crippen LogP contribution in [0.3, 0.4) is 0 Å². The molecule has 0 aliphatic rings. The van der Waals surface area contributed by atoms with E-state index >= 15 is 0 Å². The zero-order valence-corrected chi connectivity index (χ0v) is 14.4. The minimum absolute atomic E-state index is 0.0123. The van der Waals surface area contributed by atoms with Crippen LogP contribution in [0, 0.1) is 11.3 Å². The van der Waals surface area contributed by atoms with Crippen LogP contribution in [0.4, 0.5) is 0 Å². The van der Waals surface area contributed by atoms with E-state index in [1.807, 2.05) is 35.7 Å². The average Bonchev–Trinajstić information content (AvgIpc) is 3.20. The van der Waals surface area contributed by atoms with Crippen LogP contribution in [0.5, 0.6) is 0 Å². The summed E-state index contributed by atoms with van der Waals surface area (Å²) in [4.78, 5) is 16.4. The van der Waals surface area contributed by atoms with E-state index in [9.17, 15) is 4.79 Å². The molecule has 1 N–H and O–H groups in total. The van der Waals surface area contributed by atoms with Gasteiger partial charge in [0, 0.05) is 30.1 Å². The number of hydrogen-bond acceptors (Lipinski definition) is 4. The first-order valence-corrected chi connectivity index (χ1v) is 8.92. The van der Waals surface area contributed by atoms with Crippen molar-refractivity contribution in [2.75, 3.05) is 0 Å². The van der Waals surface area contributed by atoms with E-state index in [4.69, 9.17) is 5.26 Å². The van der Waals surface area contributed by atoms with E-state index in [2.05, 4.69) is 21.8 Å². The number of nitrogens with zero attached hydrogens (tertiary/aromatic N) is 2. The summed E-state index contributed by atoms with van der Waals surface area (Å²) in [6.07, 6.45) is 2.85. The van der Waals surface area contributed by atoms with Crippen LogP contribution in [-0.2, 0) is 17.8 Å². The number of carbonyl (C=O) groups excluding carboxylic acids is 1. The quantitative estimate of drug-likeness (QED) is 0.735. The van der Waals surface area contributed by atoms with Gasteiger partial charge >= 0.3 is 0 Å². The molecule has 0 aliphatic carbocycles. The van der Waals surface area contributed by atoms with Crippen molar-refractivity contribution in [2.45, 2.75) is 19.4 Å². The predicted octanol–water partition coefficient (Wildman–Crippen LogP) is 3.93. The van der Waals surface area contributed by atoms with Gasteiger partial charge in [-0.2, -0.15) is 16.6 Å². The highest BCUT2D eigenvalue weighted by atomic mass is 32.1. The summed E-state index contributed by atoms with van der Waals surface area (Å²) in [5, 5.41) is 15.8. The Morgan fingerprint density at radius 3 is 2.72 bits per heavy atom. The summed E-state index contributed by atoms with van der Waals surface area (Å²) in [5.41, 5.74) is 4.73. The molecule has 2 aromatic heterocycles. The number of benzene rings is 1. The average molecular weight is 347 g/mol. The molecular weight excluding hydrogens is 330 g/mol. The Balaban J connectivity index is 1.50. The molecule has 0 aliphatic heterocycles. The molecule has 0 atom stereocenters. The van der Waals surface area contributed by atoms with E-state index in [0.29, 0.717) is 24.9 Å².